The summed E-state index contributed by atoms with van der Waals surface area (Å²) in [6.07, 6.45) is 0. The van der Waals surface area contributed by atoms with Gasteiger partial charge in [0.2, 0.25) is 5.75 Å². The topological polar surface area (TPSA) is 52.4 Å². The van der Waals surface area contributed by atoms with Gasteiger partial charge in [-0.1, -0.05) is 15.9 Å². The molecule has 0 aromatic heterocycles. The van der Waals surface area contributed by atoms with Gasteiger partial charge in [-0.05, 0) is 46.9 Å². The summed E-state index contributed by atoms with van der Waals surface area (Å²) in [6, 6.07) is 8.87. The van der Waals surface area contributed by atoms with Crippen LogP contribution in [0.3, 0.4) is 0 Å². The monoisotopic (exact) mass is 437 g/mol. The molecule has 0 saturated carbocycles. The fourth-order valence-corrected chi connectivity index (χ4v) is 2.09. The predicted octanol–water partition coefficient (Wildman–Crippen LogP) is 4.89. The van der Waals surface area contributed by atoms with Crippen LogP contribution in [0.15, 0.2) is 40.9 Å². The van der Waals surface area contributed by atoms with Crippen LogP contribution < -0.4 is 4.74 Å². The van der Waals surface area contributed by atoms with E-state index in [4.69, 9.17) is 4.74 Å². The maximum absolute atomic E-state index is 13.5. The van der Waals surface area contributed by atoms with Crippen LogP contribution in [0, 0.1) is 19.5 Å². The van der Waals surface area contributed by atoms with Gasteiger partial charge in [0.1, 0.15) is 11.6 Å². The van der Waals surface area contributed by atoms with Crippen molar-refractivity contribution in [1.29, 1.82) is 0 Å². The molecule has 0 saturated heterocycles. The minimum absolute atomic E-state index is 0.120. The molecule has 0 heterocycles. The second kappa shape index (κ2) is 5.83. The summed E-state index contributed by atoms with van der Waals surface area (Å²) in [7, 11) is 0. The maximum atomic E-state index is 13.5. The molecule has 0 radical (unpaired) electrons. The highest BCUT2D eigenvalue weighted by molar-refractivity contribution is 14.1. The highest BCUT2D eigenvalue weighted by Crippen LogP contribution is 2.34. The van der Waals surface area contributed by atoms with E-state index in [1.165, 1.54) is 0 Å². The lowest BCUT2D eigenvalue weighted by Gasteiger charge is -2.07. The molecule has 7 heteroatoms. The van der Waals surface area contributed by atoms with Gasteiger partial charge in [-0.25, -0.2) is 4.39 Å². The minimum Gasteiger partial charge on any atom is -0.450 e. The van der Waals surface area contributed by atoms with E-state index in [2.05, 4.69) is 15.9 Å². The van der Waals surface area contributed by atoms with Crippen molar-refractivity contribution in [2.45, 2.75) is 0 Å². The van der Waals surface area contributed by atoms with Crippen LogP contribution in [0.1, 0.15) is 0 Å². The highest BCUT2D eigenvalue weighted by atomic mass is 127. The van der Waals surface area contributed by atoms with Crippen LogP contribution in [0.2, 0.25) is 0 Å². The number of nitro benzene ring substituents is 1. The summed E-state index contributed by atoms with van der Waals surface area (Å²) in [5, 5.41) is 10.9. The Morgan fingerprint density at radius 3 is 2.47 bits per heavy atom. The zero-order valence-electron chi connectivity index (χ0n) is 9.27. The summed E-state index contributed by atoms with van der Waals surface area (Å²) in [5.41, 5.74) is -0.270. The van der Waals surface area contributed by atoms with Gasteiger partial charge in [0.05, 0.1) is 8.49 Å². The average molecular weight is 438 g/mol. The first-order chi connectivity index (χ1) is 8.97. The molecular weight excluding hydrogens is 432 g/mol. The molecule has 0 aliphatic heterocycles. The molecule has 0 spiro atoms. The Balaban J connectivity index is 2.41. The van der Waals surface area contributed by atoms with Crippen LogP contribution in [-0.2, 0) is 0 Å². The highest BCUT2D eigenvalue weighted by Gasteiger charge is 2.19. The number of hydrogen-bond donors (Lipinski definition) is 0. The molecule has 0 amide bonds. The van der Waals surface area contributed by atoms with Gasteiger partial charge in [0, 0.05) is 16.6 Å². The largest absolute Gasteiger partial charge is 0.450 e. The first-order valence-electron chi connectivity index (χ1n) is 5.04. The third-order valence-electron chi connectivity index (χ3n) is 2.24. The molecule has 0 fully saturated rings. The quantitative estimate of drug-likeness (QED) is 0.390. The zero-order valence-corrected chi connectivity index (χ0v) is 13.0. The van der Waals surface area contributed by atoms with Crippen molar-refractivity contribution in [3.05, 3.63) is 60.4 Å². The first-order valence-corrected chi connectivity index (χ1v) is 6.91. The lowest BCUT2D eigenvalue weighted by Crippen LogP contribution is -1.96. The number of benzene rings is 2. The van der Waals surface area contributed by atoms with Crippen LogP contribution in [0.5, 0.6) is 11.5 Å². The van der Waals surface area contributed by atoms with Gasteiger partial charge in [0.15, 0.2) is 0 Å². The predicted molar refractivity (Wildman–Crippen MR) is 80.0 cm³/mol. The number of nitro groups is 1. The molecule has 0 bridgehead atoms. The smallest absolute Gasteiger partial charge is 0.312 e. The number of rotatable bonds is 3. The Bertz CT molecular complexity index is 634. The lowest BCUT2D eigenvalue weighted by molar-refractivity contribution is -0.385. The molecule has 2 rings (SSSR count). The number of nitrogens with zero attached hydrogens (tertiary/aromatic N) is 1. The Morgan fingerprint density at radius 2 is 1.89 bits per heavy atom. The van der Waals surface area contributed by atoms with Gasteiger partial charge >= 0.3 is 5.69 Å². The molecular formula is C12H6BrFINO3. The zero-order chi connectivity index (χ0) is 14.0. The first kappa shape index (κ1) is 14.2. The van der Waals surface area contributed by atoms with Crippen molar-refractivity contribution in [2.75, 3.05) is 0 Å². The van der Waals surface area contributed by atoms with Crippen molar-refractivity contribution < 1.29 is 14.1 Å². The number of ether oxygens (including phenoxy) is 1. The Labute approximate surface area is 130 Å². The average Bonchev–Trinajstić information content (AvgIpc) is 2.36. The molecule has 0 aliphatic rings. The summed E-state index contributed by atoms with van der Waals surface area (Å²) < 4.78 is 19.9. The Hall–Kier alpha value is -1.22. The van der Waals surface area contributed by atoms with E-state index in [9.17, 15) is 14.5 Å². The molecule has 0 N–H and O–H groups in total. The maximum Gasteiger partial charge on any atom is 0.312 e. The third kappa shape index (κ3) is 3.41. The lowest BCUT2D eigenvalue weighted by atomic mass is 10.3. The van der Waals surface area contributed by atoms with Gasteiger partial charge in [-0.2, -0.15) is 0 Å². The van der Waals surface area contributed by atoms with Crippen LogP contribution in [-0.4, -0.2) is 4.92 Å². The minimum atomic E-state index is -0.601. The van der Waals surface area contributed by atoms with Crippen molar-refractivity contribution in [3.8, 4) is 11.5 Å². The van der Waals surface area contributed by atoms with Gasteiger partial charge in [0.25, 0.3) is 0 Å². The van der Waals surface area contributed by atoms with E-state index in [1.54, 1.807) is 46.9 Å². The van der Waals surface area contributed by atoms with Crippen molar-refractivity contribution in [1.82, 2.24) is 0 Å². The fraction of sp³-hybridized carbons (Fsp3) is 0. The second-order valence-electron chi connectivity index (χ2n) is 3.55. The summed E-state index contributed by atoms with van der Waals surface area (Å²) >= 11 is 4.96. The van der Waals surface area contributed by atoms with E-state index >= 15 is 0 Å². The van der Waals surface area contributed by atoms with Crippen LogP contribution in [0.4, 0.5) is 10.1 Å². The molecule has 4 nitrogen and oxygen atoms in total. The summed E-state index contributed by atoms with van der Waals surface area (Å²) in [5.74, 6) is -0.282. The van der Waals surface area contributed by atoms with E-state index < -0.39 is 10.7 Å². The normalized spacial score (nSPS) is 10.3. The molecule has 0 atom stereocenters. The van der Waals surface area contributed by atoms with Gasteiger partial charge in [-0.15, -0.1) is 0 Å². The van der Waals surface area contributed by atoms with Crippen LogP contribution >= 0.6 is 38.5 Å². The molecule has 2 aromatic carbocycles. The molecule has 98 valence electrons. The Morgan fingerprint density at radius 1 is 1.26 bits per heavy atom. The summed E-state index contributed by atoms with van der Waals surface area (Å²) in [4.78, 5) is 10.3. The fourth-order valence-electron chi connectivity index (χ4n) is 1.37. The van der Waals surface area contributed by atoms with Crippen molar-refractivity contribution >= 4 is 44.2 Å². The van der Waals surface area contributed by atoms with E-state index in [-0.39, 0.29) is 15.0 Å². The number of halogens is 3. The molecule has 0 aliphatic carbocycles. The van der Waals surface area contributed by atoms with E-state index in [1.807, 2.05) is 0 Å². The molecule has 0 unspecified atom stereocenters. The third-order valence-corrected chi connectivity index (χ3v) is 3.60. The Kier molecular flexibility index (Phi) is 4.35. The summed E-state index contributed by atoms with van der Waals surface area (Å²) in [6.45, 7) is 0. The van der Waals surface area contributed by atoms with Crippen LogP contribution in [0.25, 0.3) is 0 Å². The molecule has 19 heavy (non-hydrogen) atoms. The number of hydrogen-bond acceptors (Lipinski definition) is 3. The van der Waals surface area contributed by atoms with E-state index in [0.29, 0.717) is 5.75 Å². The standard InChI is InChI=1S/C12H6BrFINO3/c13-7-1-3-8(4-2-7)19-12-5-9(14)10(15)6-11(12)16(17)18/h1-6H. The van der Waals surface area contributed by atoms with E-state index in [0.717, 1.165) is 16.6 Å². The second-order valence-corrected chi connectivity index (χ2v) is 5.62. The van der Waals surface area contributed by atoms with Gasteiger partial charge in [-0.3, -0.25) is 10.1 Å². The van der Waals surface area contributed by atoms with Gasteiger partial charge < -0.3 is 4.74 Å². The molecule has 2 aromatic rings. The van der Waals surface area contributed by atoms with Crippen molar-refractivity contribution in [2.24, 2.45) is 0 Å². The SMILES string of the molecule is O=[N+]([O-])c1cc(I)c(F)cc1Oc1ccc(Br)cc1. The van der Waals surface area contributed by atoms with Crippen molar-refractivity contribution in [3.63, 3.8) is 0 Å².